The molecule has 21 heavy (non-hydrogen) atoms. The highest BCUT2D eigenvalue weighted by Crippen LogP contribution is 2.29. The van der Waals surface area contributed by atoms with Gasteiger partial charge in [0.25, 0.3) is 0 Å². The SMILES string of the molecule is COCCOc1ccc(-c2ccc(Cl)cc2)c(COC)c1. The van der Waals surface area contributed by atoms with E-state index in [1.54, 1.807) is 14.2 Å². The van der Waals surface area contributed by atoms with Crippen LogP contribution in [-0.4, -0.2) is 27.4 Å². The zero-order valence-corrected chi connectivity index (χ0v) is 13.0. The van der Waals surface area contributed by atoms with E-state index in [-0.39, 0.29) is 0 Å². The lowest BCUT2D eigenvalue weighted by Crippen LogP contribution is -2.04. The third-order valence-electron chi connectivity index (χ3n) is 3.09. The van der Waals surface area contributed by atoms with Gasteiger partial charge in [0, 0.05) is 19.2 Å². The van der Waals surface area contributed by atoms with Gasteiger partial charge in [-0.1, -0.05) is 29.8 Å². The Labute approximate surface area is 130 Å². The first-order chi connectivity index (χ1) is 10.2. The minimum atomic E-state index is 0.527. The van der Waals surface area contributed by atoms with Crippen LogP contribution in [0.1, 0.15) is 5.56 Å². The van der Waals surface area contributed by atoms with Crippen molar-refractivity contribution >= 4 is 11.6 Å². The maximum atomic E-state index is 5.94. The van der Waals surface area contributed by atoms with Gasteiger partial charge in [0.15, 0.2) is 0 Å². The van der Waals surface area contributed by atoms with E-state index in [1.165, 1.54) is 0 Å². The van der Waals surface area contributed by atoms with E-state index in [0.717, 1.165) is 27.5 Å². The molecule has 0 aliphatic rings. The molecule has 3 nitrogen and oxygen atoms in total. The van der Waals surface area contributed by atoms with Gasteiger partial charge >= 0.3 is 0 Å². The average molecular weight is 307 g/mol. The standard InChI is InChI=1S/C17H19ClO3/c1-19-9-10-21-16-7-8-17(14(11-16)12-20-2)13-3-5-15(18)6-4-13/h3-8,11H,9-10,12H2,1-2H3. The Kier molecular flexibility index (Phi) is 6.05. The number of halogens is 1. The number of ether oxygens (including phenoxy) is 3. The van der Waals surface area contributed by atoms with Crippen LogP contribution in [0.15, 0.2) is 42.5 Å². The Bertz CT molecular complexity index is 567. The highest BCUT2D eigenvalue weighted by molar-refractivity contribution is 6.30. The van der Waals surface area contributed by atoms with E-state index in [9.17, 15) is 0 Å². The molecular formula is C17H19ClO3. The summed E-state index contributed by atoms with van der Waals surface area (Å²) in [5, 5.41) is 0.728. The molecule has 0 aliphatic carbocycles. The third kappa shape index (κ3) is 4.46. The summed E-state index contributed by atoms with van der Waals surface area (Å²) < 4.78 is 15.9. The molecule has 112 valence electrons. The molecular weight excluding hydrogens is 288 g/mol. The van der Waals surface area contributed by atoms with Crippen molar-refractivity contribution in [2.75, 3.05) is 27.4 Å². The largest absolute Gasteiger partial charge is 0.491 e. The van der Waals surface area contributed by atoms with Crippen molar-refractivity contribution in [3.05, 3.63) is 53.1 Å². The summed E-state index contributed by atoms with van der Waals surface area (Å²) in [5.74, 6) is 0.816. The van der Waals surface area contributed by atoms with Gasteiger partial charge in [-0.05, 0) is 41.0 Å². The summed E-state index contributed by atoms with van der Waals surface area (Å²) in [6, 6.07) is 13.8. The molecule has 0 N–H and O–H groups in total. The molecule has 0 bridgehead atoms. The summed E-state index contributed by atoms with van der Waals surface area (Å²) in [6.07, 6.45) is 0. The van der Waals surface area contributed by atoms with Crippen molar-refractivity contribution in [1.82, 2.24) is 0 Å². The van der Waals surface area contributed by atoms with Gasteiger partial charge in [0.05, 0.1) is 13.2 Å². The maximum absolute atomic E-state index is 5.94. The summed E-state index contributed by atoms with van der Waals surface area (Å²) in [6.45, 7) is 1.63. The Morgan fingerprint density at radius 1 is 0.905 bits per heavy atom. The maximum Gasteiger partial charge on any atom is 0.119 e. The first kappa shape index (κ1) is 15.8. The Morgan fingerprint density at radius 3 is 2.33 bits per heavy atom. The van der Waals surface area contributed by atoms with Crippen LogP contribution in [0.3, 0.4) is 0 Å². The molecule has 2 aromatic rings. The van der Waals surface area contributed by atoms with Crippen LogP contribution in [0, 0.1) is 0 Å². The fourth-order valence-corrected chi connectivity index (χ4v) is 2.21. The number of benzene rings is 2. The Hall–Kier alpha value is -1.55. The van der Waals surface area contributed by atoms with Gasteiger partial charge in [0.2, 0.25) is 0 Å². The van der Waals surface area contributed by atoms with Crippen molar-refractivity contribution in [2.45, 2.75) is 6.61 Å². The van der Waals surface area contributed by atoms with E-state index in [1.807, 2.05) is 42.5 Å². The predicted molar refractivity (Wildman–Crippen MR) is 85.0 cm³/mol. The quantitative estimate of drug-likeness (QED) is 0.718. The highest BCUT2D eigenvalue weighted by Gasteiger charge is 2.07. The summed E-state index contributed by atoms with van der Waals surface area (Å²) in [7, 11) is 3.34. The first-order valence-electron chi connectivity index (χ1n) is 6.74. The lowest BCUT2D eigenvalue weighted by Gasteiger charge is -2.12. The molecule has 0 aliphatic heterocycles. The van der Waals surface area contributed by atoms with E-state index >= 15 is 0 Å². The highest BCUT2D eigenvalue weighted by atomic mass is 35.5. The molecule has 2 rings (SSSR count). The van der Waals surface area contributed by atoms with Crippen molar-refractivity contribution in [1.29, 1.82) is 0 Å². The minimum absolute atomic E-state index is 0.527. The second-order valence-electron chi connectivity index (χ2n) is 4.60. The molecule has 2 aromatic carbocycles. The molecule has 0 saturated carbocycles. The van der Waals surface area contributed by atoms with Gasteiger partial charge in [0.1, 0.15) is 12.4 Å². The van der Waals surface area contributed by atoms with E-state index < -0.39 is 0 Å². The van der Waals surface area contributed by atoms with Crippen molar-refractivity contribution in [2.24, 2.45) is 0 Å². The molecule has 0 fully saturated rings. The molecule has 0 spiro atoms. The molecule has 0 heterocycles. The van der Waals surface area contributed by atoms with Crippen LogP contribution in [-0.2, 0) is 16.1 Å². The number of methoxy groups -OCH3 is 2. The molecule has 4 heteroatoms. The Morgan fingerprint density at radius 2 is 1.67 bits per heavy atom. The van der Waals surface area contributed by atoms with Crippen LogP contribution in [0.2, 0.25) is 5.02 Å². The number of hydrogen-bond acceptors (Lipinski definition) is 3. The van der Waals surface area contributed by atoms with Gasteiger partial charge in [-0.3, -0.25) is 0 Å². The molecule has 0 amide bonds. The first-order valence-corrected chi connectivity index (χ1v) is 7.12. The smallest absolute Gasteiger partial charge is 0.119 e. The zero-order chi connectivity index (χ0) is 15.1. The fourth-order valence-electron chi connectivity index (χ4n) is 2.09. The molecule has 0 atom stereocenters. The fraction of sp³-hybridized carbons (Fsp3) is 0.294. The summed E-state index contributed by atoms with van der Waals surface area (Å²) >= 11 is 5.94. The van der Waals surface area contributed by atoms with Gasteiger partial charge < -0.3 is 14.2 Å². The third-order valence-corrected chi connectivity index (χ3v) is 3.34. The molecule has 0 saturated heterocycles. The normalized spacial score (nSPS) is 10.6. The molecule has 0 aromatic heterocycles. The minimum Gasteiger partial charge on any atom is -0.491 e. The second-order valence-corrected chi connectivity index (χ2v) is 5.04. The van der Waals surface area contributed by atoms with Crippen LogP contribution >= 0.6 is 11.6 Å². The van der Waals surface area contributed by atoms with E-state index in [0.29, 0.717) is 19.8 Å². The lowest BCUT2D eigenvalue weighted by molar-refractivity contribution is 0.146. The predicted octanol–water partition coefficient (Wildman–Crippen LogP) is 4.18. The monoisotopic (exact) mass is 306 g/mol. The number of hydrogen-bond donors (Lipinski definition) is 0. The molecule has 0 radical (unpaired) electrons. The average Bonchev–Trinajstić information content (AvgIpc) is 2.49. The van der Waals surface area contributed by atoms with Crippen molar-refractivity contribution < 1.29 is 14.2 Å². The van der Waals surface area contributed by atoms with Gasteiger partial charge in [-0.15, -0.1) is 0 Å². The lowest BCUT2D eigenvalue weighted by atomic mass is 10.00. The summed E-state index contributed by atoms with van der Waals surface area (Å²) in [4.78, 5) is 0. The van der Waals surface area contributed by atoms with Crippen molar-refractivity contribution in [3.63, 3.8) is 0 Å². The van der Waals surface area contributed by atoms with Gasteiger partial charge in [-0.25, -0.2) is 0 Å². The zero-order valence-electron chi connectivity index (χ0n) is 12.3. The summed E-state index contributed by atoms with van der Waals surface area (Å²) in [5.41, 5.74) is 3.30. The second kappa shape index (κ2) is 8.03. The van der Waals surface area contributed by atoms with Crippen LogP contribution in [0.5, 0.6) is 5.75 Å². The van der Waals surface area contributed by atoms with E-state index in [4.69, 9.17) is 25.8 Å². The topological polar surface area (TPSA) is 27.7 Å². The Balaban J connectivity index is 2.26. The van der Waals surface area contributed by atoms with Crippen LogP contribution in [0.25, 0.3) is 11.1 Å². The van der Waals surface area contributed by atoms with Crippen LogP contribution < -0.4 is 4.74 Å². The molecule has 0 unspecified atom stereocenters. The number of rotatable bonds is 7. The van der Waals surface area contributed by atoms with E-state index in [2.05, 4.69) is 0 Å². The van der Waals surface area contributed by atoms with Crippen molar-refractivity contribution in [3.8, 4) is 16.9 Å². The van der Waals surface area contributed by atoms with Crippen LogP contribution in [0.4, 0.5) is 0 Å². The van der Waals surface area contributed by atoms with Gasteiger partial charge in [-0.2, -0.15) is 0 Å².